The molecule has 3 heteroatoms. The van der Waals surface area contributed by atoms with E-state index in [4.69, 9.17) is 0 Å². The molecule has 15 heavy (non-hydrogen) atoms. The molecule has 0 aliphatic rings. The summed E-state index contributed by atoms with van der Waals surface area (Å²) in [5.74, 6) is 0. The van der Waals surface area contributed by atoms with E-state index in [2.05, 4.69) is 28.7 Å². The number of hydrogen-bond donors (Lipinski definition) is 1. The number of rotatable bonds is 3. The standard InChI is InChI=1S/C12H11IOS/c13-11-6-2-1-5-10(11)12(14)8-9-4-3-7-15-9/h1-7,12,14H,8H2. The van der Waals surface area contributed by atoms with Crippen LogP contribution in [0.4, 0.5) is 0 Å². The molecule has 0 amide bonds. The van der Waals surface area contributed by atoms with Crippen LogP contribution < -0.4 is 0 Å². The van der Waals surface area contributed by atoms with Crippen molar-refractivity contribution in [1.29, 1.82) is 0 Å². The van der Waals surface area contributed by atoms with E-state index in [1.165, 1.54) is 4.88 Å². The summed E-state index contributed by atoms with van der Waals surface area (Å²) >= 11 is 3.95. The second kappa shape index (κ2) is 5.09. The lowest BCUT2D eigenvalue weighted by Gasteiger charge is -2.11. The van der Waals surface area contributed by atoms with Crippen LogP contribution in [-0.2, 0) is 6.42 Å². The van der Waals surface area contributed by atoms with E-state index in [0.717, 1.165) is 9.13 Å². The van der Waals surface area contributed by atoms with Crippen molar-refractivity contribution in [2.45, 2.75) is 12.5 Å². The molecule has 0 saturated carbocycles. The van der Waals surface area contributed by atoms with Crippen molar-refractivity contribution in [3.63, 3.8) is 0 Å². The van der Waals surface area contributed by atoms with Gasteiger partial charge in [0, 0.05) is 14.9 Å². The molecule has 2 aromatic rings. The highest BCUT2D eigenvalue weighted by Gasteiger charge is 2.11. The van der Waals surface area contributed by atoms with Crippen LogP contribution in [-0.4, -0.2) is 5.11 Å². The molecule has 0 spiro atoms. The highest BCUT2D eigenvalue weighted by Crippen LogP contribution is 2.24. The maximum atomic E-state index is 10.1. The Labute approximate surface area is 107 Å². The minimum absolute atomic E-state index is 0.392. The molecule has 78 valence electrons. The highest BCUT2D eigenvalue weighted by atomic mass is 127. The Morgan fingerprint density at radius 2 is 2.00 bits per heavy atom. The second-order valence-electron chi connectivity index (χ2n) is 3.32. The molecule has 1 aromatic carbocycles. The van der Waals surface area contributed by atoms with E-state index in [1.807, 2.05) is 35.7 Å². The smallest absolute Gasteiger partial charge is 0.0848 e. The van der Waals surface area contributed by atoms with Gasteiger partial charge in [0.05, 0.1) is 6.10 Å². The van der Waals surface area contributed by atoms with Crippen molar-refractivity contribution < 1.29 is 5.11 Å². The van der Waals surface area contributed by atoms with E-state index in [1.54, 1.807) is 11.3 Å². The van der Waals surface area contributed by atoms with Crippen molar-refractivity contribution in [3.05, 3.63) is 55.8 Å². The Morgan fingerprint density at radius 3 is 2.67 bits per heavy atom. The molecule has 0 radical (unpaired) electrons. The molecule has 0 saturated heterocycles. The summed E-state index contributed by atoms with van der Waals surface area (Å²) in [5.41, 5.74) is 1.02. The molecule has 1 heterocycles. The predicted molar refractivity (Wildman–Crippen MR) is 72.1 cm³/mol. The number of aliphatic hydroxyl groups excluding tert-OH is 1. The van der Waals surface area contributed by atoms with Crippen molar-refractivity contribution in [1.82, 2.24) is 0 Å². The molecule has 1 N–H and O–H groups in total. The van der Waals surface area contributed by atoms with Crippen LogP contribution in [0.3, 0.4) is 0 Å². The summed E-state index contributed by atoms with van der Waals surface area (Å²) in [6.45, 7) is 0. The first-order chi connectivity index (χ1) is 7.27. The van der Waals surface area contributed by atoms with E-state index in [0.29, 0.717) is 6.42 Å². The quantitative estimate of drug-likeness (QED) is 0.852. The number of hydrogen-bond acceptors (Lipinski definition) is 2. The van der Waals surface area contributed by atoms with Gasteiger partial charge in [-0.25, -0.2) is 0 Å². The SMILES string of the molecule is OC(Cc1cccs1)c1ccccc1I. The van der Waals surface area contributed by atoms with Crippen LogP contribution in [0.15, 0.2) is 41.8 Å². The lowest BCUT2D eigenvalue weighted by molar-refractivity contribution is 0.178. The van der Waals surface area contributed by atoms with Crippen LogP contribution >= 0.6 is 33.9 Å². The molecular weight excluding hydrogens is 319 g/mol. The summed E-state index contributed by atoms with van der Waals surface area (Å²) in [6, 6.07) is 12.0. The fourth-order valence-electron chi connectivity index (χ4n) is 1.47. The Balaban J connectivity index is 2.15. The van der Waals surface area contributed by atoms with Crippen molar-refractivity contribution >= 4 is 33.9 Å². The fraction of sp³-hybridized carbons (Fsp3) is 0.167. The second-order valence-corrected chi connectivity index (χ2v) is 5.52. The van der Waals surface area contributed by atoms with Crippen molar-refractivity contribution in [2.75, 3.05) is 0 Å². The van der Waals surface area contributed by atoms with Crippen LogP contribution in [0.2, 0.25) is 0 Å². The number of thiophene rings is 1. The number of halogens is 1. The van der Waals surface area contributed by atoms with Gasteiger partial charge in [0.15, 0.2) is 0 Å². The van der Waals surface area contributed by atoms with Crippen molar-refractivity contribution in [2.24, 2.45) is 0 Å². The van der Waals surface area contributed by atoms with Gasteiger partial charge in [-0.2, -0.15) is 0 Å². The topological polar surface area (TPSA) is 20.2 Å². The summed E-state index contributed by atoms with van der Waals surface area (Å²) in [5, 5.41) is 12.1. The largest absolute Gasteiger partial charge is 0.388 e. The van der Waals surface area contributed by atoms with Crippen LogP contribution in [0.1, 0.15) is 16.5 Å². The molecule has 0 aliphatic heterocycles. The normalized spacial score (nSPS) is 12.7. The third-order valence-electron chi connectivity index (χ3n) is 2.24. The molecule has 1 nitrogen and oxygen atoms in total. The summed E-state index contributed by atoms with van der Waals surface area (Å²) in [7, 11) is 0. The molecule has 2 rings (SSSR count). The van der Waals surface area contributed by atoms with Gasteiger partial charge >= 0.3 is 0 Å². The van der Waals surface area contributed by atoms with Gasteiger partial charge in [-0.1, -0.05) is 24.3 Å². The predicted octanol–water partition coefficient (Wildman–Crippen LogP) is 3.63. The Bertz CT molecular complexity index is 425. The molecular formula is C12H11IOS. The maximum Gasteiger partial charge on any atom is 0.0848 e. The molecule has 0 fully saturated rings. The van der Waals surface area contributed by atoms with E-state index < -0.39 is 6.10 Å². The van der Waals surface area contributed by atoms with E-state index >= 15 is 0 Å². The number of aliphatic hydroxyl groups is 1. The zero-order valence-corrected chi connectivity index (χ0v) is 11.0. The van der Waals surface area contributed by atoms with Gasteiger partial charge in [-0.3, -0.25) is 0 Å². The zero-order valence-electron chi connectivity index (χ0n) is 8.06. The van der Waals surface area contributed by atoms with E-state index in [9.17, 15) is 5.11 Å². The average molecular weight is 330 g/mol. The molecule has 1 aromatic heterocycles. The number of benzene rings is 1. The first-order valence-corrected chi connectivity index (χ1v) is 6.68. The summed E-state index contributed by atoms with van der Waals surface area (Å²) < 4.78 is 1.12. The molecule has 0 aliphatic carbocycles. The first kappa shape index (κ1) is 11.1. The van der Waals surface area contributed by atoms with Crippen LogP contribution in [0.5, 0.6) is 0 Å². The Kier molecular flexibility index (Phi) is 3.77. The average Bonchev–Trinajstić information content (AvgIpc) is 2.71. The van der Waals surface area contributed by atoms with Crippen molar-refractivity contribution in [3.8, 4) is 0 Å². The Hall–Kier alpha value is -0.390. The lowest BCUT2D eigenvalue weighted by Crippen LogP contribution is -2.02. The van der Waals surface area contributed by atoms with Crippen LogP contribution in [0.25, 0.3) is 0 Å². The monoisotopic (exact) mass is 330 g/mol. The van der Waals surface area contributed by atoms with Gasteiger partial charge in [-0.15, -0.1) is 11.3 Å². The molecule has 1 unspecified atom stereocenters. The highest BCUT2D eigenvalue weighted by molar-refractivity contribution is 14.1. The summed E-state index contributed by atoms with van der Waals surface area (Å²) in [6.07, 6.45) is 0.314. The van der Waals surface area contributed by atoms with Gasteiger partial charge in [-0.05, 0) is 45.7 Å². The van der Waals surface area contributed by atoms with Gasteiger partial charge in [0.1, 0.15) is 0 Å². The maximum absolute atomic E-state index is 10.1. The minimum atomic E-state index is -0.392. The first-order valence-electron chi connectivity index (χ1n) is 4.72. The van der Waals surface area contributed by atoms with Gasteiger partial charge in [0.25, 0.3) is 0 Å². The lowest BCUT2D eigenvalue weighted by atomic mass is 10.1. The minimum Gasteiger partial charge on any atom is -0.388 e. The Morgan fingerprint density at radius 1 is 1.20 bits per heavy atom. The van der Waals surface area contributed by atoms with Gasteiger partial charge in [0.2, 0.25) is 0 Å². The van der Waals surface area contributed by atoms with E-state index in [-0.39, 0.29) is 0 Å². The zero-order chi connectivity index (χ0) is 10.7. The van der Waals surface area contributed by atoms with Gasteiger partial charge < -0.3 is 5.11 Å². The third kappa shape index (κ3) is 2.80. The summed E-state index contributed by atoms with van der Waals surface area (Å²) in [4.78, 5) is 1.22. The van der Waals surface area contributed by atoms with Crippen LogP contribution in [0, 0.1) is 3.57 Å². The molecule has 0 bridgehead atoms. The molecule has 1 atom stereocenters. The fourth-order valence-corrected chi connectivity index (χ4v) is 2.96. The third-order valence-corrected chi connectivity index (χ3v) is 4.12.